The number of carbonyl (C=O) groups is 2. The minimum atomic E-state index is -0.378. The van der Waals surface area contributed by atoms with Gasteiger partial charge in [0.05, 0.1) is 13.0 Å². The molecule has 1 atom stereocenters. The number of amides is 1. The topological polar surface area (TPSA) is 71.5 Å². The van der Waals surface area contributed by atoms with Crippen LogP contribution in [0, 0.1) is 0 Å². The fourth-order valence-electron chi connectivity index (χ4n) is 4.23. The number of methoxy groups -OCH3 is 1. The summed E-state index contributed by atoms with van der Waals surface area (Å²) in [5.74, 6) is 0.306. The van der Waals surface area contributed by atoms with Crippen LogP contribution in [0.25, 0.3) is 0 Å². The van der Waals surface area contributed by atoms with Crippen LogP contribution in [0.15, 0.2) is 48.7 Å². The number of pyridine rings is 1. The van der Waals surface area contributed by atoms with Gasteiger partial charge in [-0.05, 0) is 37.0 Å². The highest BCUT2D eigenvalue weighted by atomic mass is 16.5. The number of hydrogen-bond acceptors (Lipinski definition) is 5. The third kappa shape index (κ3) is 3.27. The molecule has 2 fully saturated rings. The van der Waals surface area contributed by atoms with E-state index in [1.807, 2.05) is 30.3 Å². The van der Waals surface area contributed by atoms with Crippen LogP contribution in [0.2, 0.25) is 0 Å². The normalized spacial score (nSPS) is 21.1. The average Bonchev–Trinajstić information content (AvgIpc) is 3.04. The van der Waals surface area contributed by atoms with Crippen LogP contribution < -0.4 is 10.2 Å². The molecule has 6 nitrogen and oxygen atoms in total. The molecule has 4 rings (SSSR count). The van der Waals surface area contributed by atoms with Crippen molar-refractivity contribution in [2.24, 2.45) is 0 Å². The van der Waals surface area contributed by atoms with Gasteiger partial charge >= 0.3 is 5.97 Å². The van der Waals surface area contributed by atoms with E-state index >= 15 is 0 Å². The first-order valence-electron chi connectivity index (χ1n) is 9.27. The van der Waals surface area contributed by atoms with Crippen molar-refractivity contribution in [2.45, 2.75) is 30.7 Å². The van der Waals surface area contributed by atoms with Crippen LogP contribution in [0.1, 0.15) is 41.1 Å². The van der Waals surface area contributed by atoms with E-state index in [2.05, 4.69) is 15.2 Å². The number of piperidine rings is 1. The number of ether oxygens (including phenoxy) is 1. The molecule has 2 aromatic rings. The molecule has 2 aliphatic heterocycles. The summed E-state index contributed by atoms with van der Waals surface area (Å²) in [5, 5.41) is 3.26. The number of esters is 1. The predicted octanol–water partition coefficient (Wildman–Crippen LogP) is 2.51. The maximum atomic E-state index is 12.6. The molecular weight excluding hydrogens is 342 g/mol. The predicted molar refractivity (Wildman–Crippen MR) is 102 cm³/mol. The van der Waals surface area contributed by atoms with Crippen molar-refractivity contribution in [3.63, 3.8) is 0 Å². The van der Waals surface area contributed by atoms with Gasteiger partial charge < -0.3 is 15.0 Å². The Balaban J connectivity index is 1.49. The number of anilines is 1. The fourth-order valence-corrected chi connectivity index (χ4v) is 4.23. The standard InChI is InChI=1S/C21H23N3O3/c1-27-20(26)16-8-5-11-22-18(16)24-12-9-21(10-13-24)14-17(19(25)23-21)15-6-3-2-4-7-15/h2-8,11,17H,9-10,12-14H2,1H3,(H,23,25). The Hall–Kier alpha value is -2.89. The van der Waals surface area contributed by atoms with Gasteiger partial charge in [0, 0.05) is 24.8 Å². The number of rotatable bonds is 3. The van der Waals surface area contributed by atoms with E-state index in [1.54, 1.807) is 18.3 Å². The molecule has 6 heteroatoms. The first-order valence-corrected chi connectivity index (χ1v) is 9.27. The molecule has 1 spiro atoms. The Kier molecular flexibility index (Phi) is 4.56. The van der Waals surface area contributed by atoms with E-state index in [0.29, 0.717) is 11.4 Å². The molecule has 0 aliphatic carbocycles. The molecule has 0 saturated carbocycles. The highest BCUT2D eigenvalue weighted by molar-refractivity contribution is 5.94. The van der Waals surface area contributed by atoms with Crippen LogP contribution in [0.5, 0.6) is 0 Å². The quantitative estimate of drug-likeness (QED) is 0.847. The first-order chi connectivity index (χ1) is 13.1. The Labute approximate surface area is 158 Å². The van der Waals surface area contributed by atoms with Crippen molar-refractivity contribution in [2.75, 3.05) is 25.1 Å². The summed E-state index contributed by atoms with van der Waals surface area (Å²) in [6, 6.07) is 13.4. The van der Waals surface area contributed by atoms with Crippen LogP contribution in [0.3, 0.4) is 0 Å². The Morgan fingerprint density at radius 3 is 2.63 bits per heavy atom. The SMILES string of the molecule is COC(=O)c1cccnc1N1CCC2(CC1)CC(c1ccccc1)C(=O)N2. The van der Waals surface area contributed by atoms with Gasteiger partial charge in [-0.25, -0.2) is 9.78 Å². The zero-order valence-corrected chi connectivity index (χ0v) is 15.4. The minimum Gasteiger partial charge on any atom is -0.465 e. The molecule has 27 heavy (non-hydrogen) atoms. The zero-order chi connectivity index (χ0) is 18.9. The second-order valence-corrected chi connectivity index (χ2v) is 7.29. The number of carbonyl (C=O) groups excluding carboxylic acids is 2. The Morgan fingerprint density at radius 1 is 1.19 bits per heavy atom. The van der Waals surface area contributed by atoms with Crippen molar-refractivity contribution < 1.29 is 14.3 Å². The second-order valence-electron chi connectivity index (χ2n) is 7.29. The highest BCUT2D eigenvalue weighted by Crippen LogP contribution is 2.40. The molecule has 0 bridgehead atoms. The summed E-state index contributed by atoms with van der Waals surface area (Å²) in [6.45, 7) is 1.48. The van der Waals surface area contributed by atoms with E-state index in [9.17, 15) is 9.59 Å². The zero-order valence-electron chi connectivity index (χ0n) is 15.4. The number of hydrogen-bond donors (Lipinski definition) is 1. The Bertz CT molecular complexity index is 845. The van der Waals surface area contributed by atoms with Gasteiger partial charge in [0.1, 0.15) is 11.4 Å². The molecule has 3 heterocycles. The van der Waals surface area contributed by atoms with Crippen LogP contribution in [-0.4, -0.2) is 42.6 Å². The molecule has 140 valence electrons. The van der Waals surface area contributed by atoms with Gasteiger partial charge in [-0.2, -0.15) is 0 Å². The largest absolute Gasteiger partial charge is 0.465 e. The lowest BCUT2D eigenvalue weighted by atomic mass is 9.82. The van der Waals surface area contributed by atoms with Crippen LogP contribution in [0.4, 0.5) is 5.82 Å². The van der Waals surface area contributed by atoms with Crippen molar-refractivity contribution in [3.8, 4) is 0 Å². The maximum Gasteiger partial charge on any atom is 0.341 e. The van der Waals surface area contributed by atoms with Crippen molar-refractivity contribution in [3.05, 3.63) is 59.8 Å². The molecule has 1 aromatic carbocycles. The molecule has 1 N–H and O–H groups in total. The number of nitrogens with one attached hydrogen (secondary N) is 1. The van der Waals surface area contributed by atoms with Crippen LogP contribution in [-0.2, 0) is 9.53 Å². The van der Waals surface area contributed by atoms with E-state index in [0.717, 1.165) is 37.9 Å². The number of benzene rings is 1. The van der Waals surface area contributed by atoms with E-state index in [-0.39, 0.29) is 23.3 Å². The lowest BCUT2D eigenvalue weighted by molar-refractivity contribution is -0.121. The van der Waals surface area contributed by atoms with Gasteiger partial charge in [0.2, 0.25) is 5.91 Å². The lowest BCUT2D eigenvalue weighted by Gasteiger charge is -2.40. The third-order valence-electron chi connectivity index (χ3n) is 5.71. The Morgan fingerprint density at radius 2 is 1.93 bits per heavy atom. The van der Waals surface area contributed by atoms with E-state index < -0.39 is 0 Å². The summed E-state index contributed by atoms with van der Waals surface area (Å²) < 4.78 is 4.88. The van der Waals surface area contributed by atoms with Gasteiger partial charge in [0.15, 0.2) is 0 Å². The van der Waals surface area contributed by atoms with Crippen molar-refractivity contribution >= 4 is 17.7 Å². The number of nitrogens with zero attached hydrogens (tertiary/aromatic N) is 2. The second kappa shape index (κ2) is 7.02. The third-order valence-corrected chi connectivity index (χ3v) is 5.71. The van der Waals surface area contributed by atoms with Crippen LogP contribution >= 0.6 is 0 Å². The fraction of sp³-hybridized carbons (Fsp3) is 0.381. The number of aromatic nitrogens is 1. The first kappa shape index (κ1) is 17.5. The maximum absolute atomic E-state index is 12.6. The molecule has 1 unspecified atom stereocenters. The molecule has 0 radical (unpaired) electrons. The average molecular weight is 365 g/mol. The highest BCUT2D eigenvalue weighted by Gasteiger charge is 2.46. The van der Waals surface area contributed by atoms with Crippen molar-refractivity contribution in [1.82, 2.24) is 10.3 Å². The molecule has 2 aliphatic rings. The summed E-state index contributed by atoms with van der Waals surface area (Å²) in [7, 11) is 1.38. The summed E-state index contributed by atoms with van der Waals surface area (Å²) in [6.07, 6.45) is 4.17. The molecular formula is C21H23N3O3. The molecule has 2 saturated heterocycles. The van der Waals surface area contributed by atoms with Gasteiger partial charge in [-0.3, -0.25) is 4.79 Å². The summed E-state index contributed by atoms with van der Waals surface area (Å²) in [5.41, 5.74) is 1.38. The van der Waals surface area contributed by atoms with Gasteiger partial charge in [-0.15, -0.1) is 0 Å². The van der Waals surface area contributed by atoms with E-state index in [1.165, 1.54) is 7.11 Å². The smallest absolute Gasteiger partial charge is 0.341 e. The monoisotopic (exact) mass is 365 g/mol. The summed E-state index contributed by atoms with van der Waals surface area (Å²) >= 11 is 0. The lowest BCUT2D eigenvalue weighted by Crippen LogP contribution is -2.51. The minimum absolute atomic E-state index is 0.0850. The molecule has 1 aromatic heterocycles. The van der Waals surface area contributed by atoms with Gasteiger partial charge in [0.25, 0.3) is 0 Å². The summed E-state index contributed by atoms with van der Waals surface area (Å²) in [4.78, 5) is 31.1. The van der Waals surface area contributed by atoms with E-state index in [4.69, 9.17) is 4.74 Å². The van der Waals surface area contributed by atoms with Gasteiger partial charge in [-0.1, -0.05) is 30.3 Å². The molecule has 1 amide bonds. The van der Waals surface area contributed by atoms with Crippen molar-refractivity contribution in [1.29, 1.82) is 0 Å².